The molecular formula is C12H14N2O4S. The fourth-order valence-electron chi connectivity index (χ4n) is 2.02. The minimum atomic E-state index is -3.81. The van der Waals surface area contributed by atoms with Crippen molar-refractivity contribution in [1.82, 2.24) is 4.31 Å². The first-order valence-corrected chi connectivity index (χ1v) is 7.17. The van der Waals surface area contributed by atoms with E-state index < -0.39 is 22.2 Å². The monoisotopic (exact) mass is 282 g/mol. The van der Waals surface area contributed by atoms with Crippen LogP contribution >= 0.6 is 0 Å². The lowest BCUT2D eigenvalue weighted by atomic mass is 10.2. The van der Waals surface area contributed by atoms with Gasteiger partial charge in [-0.05, 0) is 24.6 Å². The van der Waals surface area contributed by atoms with E-state index in [9.17, 15) is 18.6 Å². The highest BCUT2D eigenvalue weighted by Gasteiger charge is 2.38. The van der Waals surface area contributed by atoms with Gasteiger partial charge in [0.05, 0.1) is 28.7 Å². The van der Waals surface area contributed by atoms with Gasteiger partial charge in [0.2, 0.25) is 10.0 Å². The van der Waals surface area contributed by atoms with E-state index in [1.165, 1.54) is 6.07 Å². The molecule has 1 aliphatic heterocycles. The number of sulfonamides is 1. The standard InChI is InChI=1S/C12H14N2O4S/c1-8-2-3-9(5-13)4-12(8)19(17,18)14-6-10(15)11(16)7-14/h2-4,10-11,15-16H,6-7H2,1H3. The molecule has 2 N–H and O–H groups in total. The van der Waals surface area contributed by atoms with Crippen molar-refractivity contribution in [3.8, 4) is 6.07 Å². The van der Waals surface area contributed by atoms with Crippen LogP contribution in [0.4, 0.5) is 0 Å². The molecule has 19 heavy (non-hydrogen) atoms. The number of hydrogen-bond donors (Lipinski definition) is 2. The van der Waals surface area contributed by atoms with Crippen molar-refractivity contribution in [1.29, 1.82) is 5.26 Å². The fourth-order valence-corrected chi connectivity index (χ4v) is 3.75. The molecule has 102 valence electrons. The van der Waals surface area contributed by atoms with E-state index in [0.717, 1.165) is 4.31 Å². The smallest absolute Gasteiger partial charge is 0.243 e. The maximum Gasteiger partial charge on any atom is 0.243 e. The molecule has 2 unspecified atom stereocenters. The predicted octanol–water partition coefficient (Wildman–Crippen LogP) is -0.407. The number of hydrogen-bond acceptors (Lipinski definition) is 5. The van der Waals surface area contributed by atoms with Crippen LogP contribution in [0.25, 0.3) is 0 Å². The van der Waals surface area contributed by atoms with Crippen LogP contribution in [0.5, 0.6) is 0 Å². The van der Waals surface area contributed by atoms with E-state index in [1.54, 1.807) is 19.1 Å². The van der Waals surface area contributed by atoms with Gasteiger partial charge in [0.25, 0.3) is 0 Å². The summed E-state index contributed by atoms with van der Waals surface area (Å²) in [6.45, 7) is 1.36. The van der Waals surface area contributed by atoms with E-state index in [1.807, 2.05) is 6.07 Å². The van der Waals surface area contributed by atoms with Crippen LogP contribution in [0.3, 0.4) is 0 Å². The molecule has 0 aromatic heterocycles. The van der Waals surface area contributed by atoms with Gasteiger partial charge >= 0.3 is 0 Å². The Balaban J connectivity index is 2.43. The number of rotatable bonds is 2. The molecule has 0 bridgehead atoms. The van der Waals surface area contributed by atoms with E-state index in [0.29, 0.717) is 5.56 Å². The van der Waals surface area contributed by atoms with Crippen molar-refractivity contribution in [3.63, 3.8) is 0 Å². The summed E-state index contributed by atoms with van der Waals surface area (Å²) >= 11 is 0. The van der Waals surface area contributed by atoms with Gasteiger partial charge in [0, 0.05) is 13.1 Å². The first-order chi connectivity index (χ1) is 8.86. The van der Waals surface area contributed by atoms with Crippen molar-refractivity contribution < 1.29 is 18.6 Å². The second-order valence-electron chi connectivity index (χ2n) is 4.55. The molecule has 1 fully saturated rings. The number of β-amino-alcohol motifs (C(OH)–C–C–N with tert-alkyl or cyclic N) is 2. The minimum absolute atomic E-state index is 0.0350. The number of aliphatic hydroxyl groups excluding tert-OH is 2. The normalized spacial score (nSPS) is 24.3. The summed E-state index contributed by atoms with van der Waals surface area (Å²) in [5, 5.41) is 27.7. The highest BCUT2D eigenvalue weighted by molar-refractivity contribution is 7.89. The van der Waals surface area contributed by atoms with E-state index in [4.69, 9.17) is 5.26 Å². The van der Waals surface area contributed by atoms with Crippen LogP contribution in [-0.2, 0) is 10.0 Å². The van der Waals surface area contributed by atoms with Gasteiger partial charge in [0.15, 0.2) is 0 Å². The first-order valence-electron chi connectivity index (χ1n) is 5.73. The lowest BCUT2D eigenvalue weighted by molar-refractivity contribution is 0.0572. The van der Waals surface area contributed by atoms with Crippen molar-refractivity contribution in [3.05, 3.63) is 29.3 Å². The molecule has 0 aliphatic carbocycles. The van der Waals surface area contributed by atoms with Crippen LogP contribution in [-0.4, -0.2) is 48.2 Å². The molecule has 0 amide bonds. The molecule has 1 heterocycles. The Bertz CT molecular complexity index is 626. The second kappa shape index (κ2) is 4.90. The van der Waals surface area contributed by atoms with Crippen molar-refractivity contribution in [2.24, 2.45) is 0 Å². The molecule has 0 radical (unpaired) electrons. The molecule has 6 nitrogen and oxygen atoms in total. The Hall–Kier alpha value is -1.46. The first kappa shape index (κ1) is 14.0. The van der Waals surface area contributed by atoms with Gasteiger partial charge in [-0.2, -0.15) is 9.57 Å². The summed E-state index contributed by atoms with van der Waals surface area (Å²) in [6, 6.07) is 6.31. The van der Waals surface area contributed by atoms with Gasteiger partial charge < -0.3 is 10.2 Å². The highest BCUT2D eigenvalue weighted by Crippen LogP contribution is 2.24. The third-order valence-corrected chi connectivity index (χ3v) is 5.13. The average molecular weight is 282 g/mol. The molecule has 2 atom stereocenters. The maximum absolute atomic E-state index is 12.4. The topological polar surface area (TPSA) is 102 Å². The molecule has 1 aromatic rings. The van der Waals surface area contributed by atoms with E-state index in [2.05, 4.69) is 0 Å². The van der Waals surface area contributed by atoms with Gasteiger partial charge in [-0.15, -0.1) is 0 Å². The summed E-state index contributed by atoms with van der Waals surface area (Å²) in [6.07, 6.45) is -2.15. The maximum atomic E-state index is 12.4. The number of nitriles is 1. The minimum Gasteiger partial charge on any atom is -0.389 e. The fraction of sp³-hybridized carbons (Fsp3) is 0.417. The van der Waals surface area contributed by atoms with Crippen molar-refractivity contribution >= 4 is 10.0 Å². The lowest BCUT2D eigenvalue weighted by Gasteiger charge is -2.17. The Kier molecular flexibility index (Phi) is 3.60. The van der Waals surface area contributed by atoms with Crippen LogP contribution in [0, 0.1) is 18.3 Å². The lowest BCUT2D eigenvalue weighted by Crippen LogP contribution is -2.30. The van der Waals surface area contributed by atoms with Crippen LogP contribution in [0.1, 0.15) is 11.1 Å². The Morgan fingerprint density at radius 3 is 2.42 bits per heavy atom. The highest BCUT2D eigenvalue weighted by atomic mass is 32.2. The molecule has 7 heteroatoms. The molecule has 0 saturated carbocycles. The summed E-state index contributed by atoms with van der Waals surface area (Å²) in [7, 11) is -3.81. The quantitative estimate of drug-likeness (QED) is 0.768. The van der Waals surface area contributed by atoms with E-state index >= 15 is 0 Å². The Morgan fingerprint density at radius 1 is 1.32 bits per heavy atom. The molecule has 1 aromatic carbocycles. The average Bonchev–Trinajstić information content (AvgIpc) is 2.71. The number of nitrogens with zero attached hydrogens (tertiary/aromatic N) is 2. The molecule has 0 spiro atoms. The van der Waals surface area contributed by atoms with Gasteiger partial charge in [-0.1, -0.05) is 6.07 Å². The second-order valence-corrected chi connectivity index (χ2v) is 6.46. The van der Waals surface area contributed by atoms with Gasteiger partial charge in [-0.25, -0.2) is 8.42 Å². The van der Waals surface area contributed by atoms with Crippen molar-refractivity contribution in [2.45, 2.75) is 24.0 Å². The summed E-state index contributed by atoms with van der Waals surface area (Å²) in [4.78, 5) is 0.0350. The zero-order valence-corrected chi connectivity index (χ0v) is 11.1. The number of aryl methyl sites for hydroxylation is 1. The van der Waals surface area contributed by atoms with Crippen LogP contribution in [0.2, 0.25) is 0 Å². The zero-order chi connectivity index (χ0) is 14.2. The molecule has 1 saturated heterocycles. The van der Waals surface area contributed by atoms with E-state index in [-0.39, 0.29) is 23.5 Å². The largest absolute Gasteiger partial charge is 0.389 e. The zero-order valence-electron chi connectivity index (χ0n) is 10.3. The Morgan fingerprint density at radius 2 is 1.89 bits per heavy atom. The van der Waals surface area contributed by atoms with Crippen LogP contribution in [0.15, 0.2) is 23.1 Å². The van der Waals surface area contributed by atoms with Gasteiger partial charge in [0.1, 0.15) is 0 Å². The molecular weight excluding hydrogens is 268 g/mol. The summed E-state index contributed by atoms with van der Waals surface area (Å²) < 4.78 is 25.9. The third-order valence-electron chi connectivity index (χ3n) is 3.16. The summed E-state index contributed by atoms with van der Waals surface area (Å²) in [5.74, 6) is 0. The van der Waals surface area contributed by atoms with Gasteiger partial charge in [-0.3, -0.25) is 0 Å². The molecule has 2 rings (SSSR count). The number of benzene rings is 1. The third kappa shape index (κ3) is 2.48. The van der Waals surface area contributed by atoms with Crippen molar-refractivity contribution in [2.75, 3.05) is 13.1 Å². The number of aliphatic hydroxyl groups is 2. The Labute approximate surface area is 111 Å². The molecule has 1 aliphatic rings. The predicted molar refractivity (Wildman–Crippen MR) is 66.7 cm³/mol. The summed E-state index contributed by atoms with van der Waals surface area (Å²) in [5.41, 5.74) is 0.777. The van der Waals surface area contributed by atoms with Crippen LogP contribution < -0.4 is 0 Å². The SMILES string of the molecule is Cc1ccc(C#N)cc1S(=O)(=O)N1CC(O)C(O)C1.